The van der Waals surface area contributed by atoms with Crippen LogP contribution in [0.5, 0.6) is 0 Å². The molecule has 24 heavy (non-hydrogen) atoms. The number of hydrogen-bond acceptors (Lipinski definition) is 4. The van der Waals surface area contributed by atoms with Crippen LogP contribution in [-0.4, -0.2) is 23.9 Å². The Morgan fingerprint density at radius 3 is 2.92 bits per heavy atom. The van der Waals surface area contributed by atoms with Crippen molar-refractivity contribution in [3.8, 4) is 0 Å². The minimum absolute atomic E-state index is 0.846. The molecule has 0 amide bonds. The van der Waals surface area contributed by atoms with Crippen LogP contribution in [0.1, 0.15) is 11.1 Å². The zero-order valence-electron chi connectivity index (χ0n) is 13.3. The fourth-order valence-electron chi connectivity index (χ4n) is 2.89. The van der Waals surface area contributed by atoms with Crippen LogP contribution in [0.2, 0.25) is 0 Å². The molecule has 3 aromatic rings. The number of amidine groups is 1. The minimum atomic E-state index is 0.846. The first-order valence-electron chi connectivity index (χ1n) is 7.92. The van der Waals surface area contributed by atoms with Gasteiger partial charge in [-0.05, 0) is 48.2 Å². The summed E-state index contributed by atoms with van der Waals surface area (Å²) in [5, 5.41) is 9.02. The van der Waals surface area contributed by atoms with Gasteiger partial charge in [-0.1, -0.05) is 28.1 Å². The Balaban J connectivity index is 1.75. The van der Waals surface area contributed by atoms with Gasteiger partial charge in [0.15, 0.2) is 0 Å². The lowest BCUT2D eigenvalue weighted by Gasteiger charge is -2.13. The van der Waals surface area contributed by atoms with Crippen molar-refractivity contribution in [2.45, 2.75) is 6.92 Å². The molecular weight excluding hydrogens is 364 g/mol. The topological polar surface area (TPSA) is 49.3 Å². The number of rotatable bonds is 3. The number of pyridine rings is 1. The number of benzene rings is 2. The molecule has 2 aromatic carbocycles. The summed E-state index contributed by atoms with van der Waals surface area (Å²) in [6, 6.07) is 14.5. The predicted molar refractivity (Wildman–Crippen MR) is 103 cm³/mol. The molecule has 2 heterocycles. The van der Waals surface area contributed by atoms with Crippen molar-refractivity contribution in [2.24, 2.45) is 4.99 Å². The molecule has 1 aromatic heterocycles. The maximum atomic E-state index is 4.53. The highest BCUT2D eigenvalue weighted by atomic mass is 79.9. The molecule has 0 fully saturated rings. The Hall–Kier alpha value is -2.40. The van der Waals surface area contributed by atoms with Crippen LogP contribution >= 0.6 is 15.9 Å². The van der Waals surface area contributed by atoms with Gasteiger partial charge in [0.05, 0.1) is 6.54 Å². The van der Waals surface area contributed by atoms with Crippen molar-refractivity contribution < 1.29 is 0 Å². The van der Waals surface area contributed by atoms with E-state index in [0.29, 0.717) is 0 Å². The fraction of sp³-hybridized carbons (Fsp3) is 0.158. The van der Waals surface area contributed by atoms with Crippen LogP contribution in [0.15, 0.2) is 58.1 Å². The second-order valence-corrected chi connectivity index (χ2v) is 6.64. The normalized spacial score (nSPS) is 13.7. The molecule has 4 nitrogen and oxygen atoms in total. The van der Waals surface area contributed by atoms with Crippen molar-refractivity contribution in [1.82, 2.24) is 10.3 Å². The molecule has 0 atom stereocenters. The summed E-state index contributed by atoms with van der Waals surface area (Å²) in [6.07, 6.45) is 1.84. The molecule has 4 rings (SSSR count). The monoisotopic (exact) mass is 380 g/mol. The van der Waals surface area contributed by atoms with Gasteiger partial charge >= 0.3 is 0 Å². The van der Waals surface area contributed by atoms with E-state index in [4.69, 9.17) is 0 Å². The highest BCUT2D eigenvalue weighted by molar-refractivity contribution is 9.10. The van der Waals surface area contributed by atoms with E-state index in [0.717, 1.165) is 56.8 Å². The van der Waals surface area contributed by atoms with Gasteiger partial charge in [0, 0.05) is 33.9 Å². The zero-order chi connectivity index (χ0) is 16.5. The lowest BCUT2D eigenvalue weighted by Crippen LogP contribution is -2.19. The molecule has 0 spiro atoms. The number of aromatic nitrogens is 1. The summed E-state index contributed by atoms with van der Waals surface area (Å²) in [4.78, 5) is 9.02. The number of nitrogens with one attached hydrogen (secondary N) is 2. The molecule has 120 valence electrons. The number of fused-ring (bicyclic) bond motifs is 1. The van der Waals surface area contributed by atoms with Crippen molar-refractivity contribution in [2.75, 3.05) is 18.4 Å². The molecule has 1 aliphatic rings. The van der Waals surface area contributed by atoms with E-state index in [2.05, 4.69) is 67.7 Å². The molecule has 0 saturated heterocycles. The lowest BCUT2D eigenvalue weighted by atomic mass is 10.1. The first kappa shape index (κ1) is 15.1. The van der Waals surface area contributed by atoms with Crippen molar-refractivity contribution in [1.29, 1.82) is 0 Å². The molecule has 2 N–H and O–H groups in total. The molecule has 5 heteroatoms. The van der Waals surface area contributed by atoms with Crippen LogP contribution in [-0.2, 0) is 0 Å². The van der Waals surface area contributed by atoms with E-state index >= 15 is 0 Å². The molecule has 0 unspecified atom stereocenters. The Morgan fingerprint density at radius 2 is 2.08 bits per heavy atom. The van der Waals surface area contributed by atoms with Gasteiger partial charge in [0.2, 0.25) is 0 Å². The van der Waals surface area contributed by atoms with Crippen LogP contribution in [0.3, 0.4) is 0 Å². The van der Waals surface area contributed by atoms with Gasteiger partial charge in [-0.25, -0.2) is 4.98 Å². The van der Waals surface area contributed by atoms with Gasteiger partial charge < -0.3 is 10.6 Å². The molecule has 1 aliphatic heterocycles. The van der Waals surface area contributed by atoms with Gasteiger partial charge in [0.1, 0.15) is 11.7 Å². The second kappa shape index (κ2) is 6.24. The average molecular weight is 381 g/mol. The highest BCUT2D eigenvalue weighted by Crippen LogP contribution is 2.29. The van der Waals surface area contributed by atoms with E-state index in [1.54, 1.807) is 0 Å². The Bertz CT molecular complexity index is 949. The maximum absolute atomic E-state index is 4.53. The average Bonchev–Trinajstić information content (AvgIpc) is 3.13. The quantitative estimate of drug-likeness (QED) is 0.707. The third-order valence-corrected chi connectivity index (χ3v) is 5.09. The third-order valence-electron chi connectivity index (χ3n) is 4.23. The molecule has 0 aliphatic carbocycles. The lowest BCUT2D eigenvalue weighted by molar-refractivity contribution is 0.960. The number of anilines is 2. The smallest absolute Gasteiger partial charge is 0.138 e. The summed E-state index contributed by atoms with van der Waals surface area (Å²) in [6.45, 7) is 3.84. The van der Waals surface area contributed by atoms with Crippen molar-refractivity contribution >= 4 is 44.0 Å². The van der Waals surface area contributed by atoms with E-state index in [-0.39, 0.29) is 0 Å². The predicted octanol–water partition coefficient (Wildman–Crippen LogP) is 4.40. The first-order chi connectivity index (χ1) is 11.7. The Kier molecular flexibility index (Phi) is 3.94. The van der Waals surface area contributed by atoms with Crippen LogP contribution in [0, 0.1) is 6.92 Å². The van der Waals surface area contributed by atoms with Gasteiger partial charge in [0.25, 0.3) is 0 Å². The van der Waals surface area contributed by atoms with Gasteiger partial charge in [-0.2, -0.15) is 0 Å². The number of nitrogens with zero attached hydrogens (tertiary/aromatic N) is 2. The second-order valence-electron chi connectivity index (χ2n) is 5.79. The number of hydrogen-bond donors (Lipinski definition) is 2. The fourth-order valence-corrected chi connectivity index (χ4v) is 3.25. The summed E-state index contributed by atoms with van der Waals surface area (Å²) < 4.78 is 1.08. The number of aliphatic imine (C=N–C) groups is 1. The molecule has 0 radical (unpaired) electrons. The third kappa shape index (κ3) is 2.76. The van der Waals surface area contributed by atoms with E-state index in [1.807, 2.05) is 24.4 Å². The Labute approximate surface area is 149 Å². The van der Waals surface area contributed by atoms with Crippen LogP contribution in [0.25, 0.3) is 10.8 Å². The molecular formula is C19H17BrN4. The highest BCUT2D eigenvalue weighted by Gasteiger charge is 2.11. The van der Waals surface area contributed by atoms with E-state index < -0.39 is 0 Å². The molecule has 0 bridgehead atoms. The van der Waals surface area contributed by atoms with E-state index in [1.165, 1.54) is 0 Å². The van der Waals surface area contributed by atoms with Crippen LogP contribution < -0.4 is 10.6 Å². The molecule has 0 saturated carbocycles. The van der Waals surface area contributed by atoms with E-state index in [9.17, 15) is 0 Å². The first-order valence-corrected chi connectivity index (χ1v) is 8.71. The van der Waals surface area contributed by atoms with Crippen molar-refractivity contribution in [3.05, 3.63) is 64.3 Å². The van der Waals surface area contributed by atoms with Gasteiger partial charge in [-0.15, -0.1) is 0 Å². The summed E-state index contributed by atoms with van der Waals surface area (Å²) >= 11 is 3.58. The SMILES string of the molecule is Cc1c(Br)cccc1Nc1nccc2cc(C3=NCCN3)ccc12. The maximum Gasteiger partial charge on any atom is 0.138 e. The zero-order valence-corrected chi connectivity index (χ0v) is 14.9. The van der Waals surface area contributed by atoms with Gasteiger partial charge in [-0.3, -0.25) is 4.99 Å². The standard InChI is InChI=1S/C19H17BrN4/c1-12-16(20)3-2-4-17(12)24-19-15-6-5-14(18-22-9-10-23-18)11-13(15)7-8-21-19/h2-8,11H,9-10H2,1H3,(H,21,24)(H,22,23). The largest absolute Gasteiger partial charge is 0.368 e. The van der Waals surface area contributed by atoms with Crippen LogP contribution in [0.4, 0.5) is 11.5 Å². The summed E-state index contributed by atoms with van der Waals surface area (Å²) in [5.41, 5.74) is 3.34. The van der Waals surface area contributed by atoms with Crippen molar-refractivity contribution in [3.63, 3.8) is 0 Å². The summed E-state index contributed by atoms with van der Waals surface area (Å²) in [5.74, 6) is 1.84. The number of halogens is 1. The summed E-state index contributed by atoms with van der Waals surface area (Å²) in [7, 11) is 0. The minimum Gasteiger partial charge on any atom is -0.368 e. The Morgan fingerprint density at radius 1 is 1.17 bits per heavy atom.